The largest absolute Gasteiger partial charge is 0.388 e. The van der Waals surface area contributed by atoms with Crippen molar-refractivity contribution in [1.82, 2.24) is 4.90 Å². The Morgan fingerprint density at radius 1 is 1.29 bits per heavy atom. The molecule has 0 aliphatic carbocycles. The molecule has 2 heteroatoms. The average Bonchev–Trinajstić information content (AvgIpc) is 2.67. The molecule has 1 aliphatic heterocycles. The van der Waals surface area contributed by atoms with Gasteiger partial charge in [0.15, 0.2) is 0 Å². The van der Waals surface area contributed by atoms with Crippen molar-refractivity contribution in [2.75, 3.05) is 19.6 Å². The summed E-state index contributed by atoms with van der Waals surface area (Å²) in [6.45, 7) is 7.98. The molecule has 0 spiro atoms. The van der Waals surface area contributed by atoms with E-state index in [2.05, 4.69) is 18.7 Å². The summed E-state index contributed by atoms with van der Waals surface area (Å²) < 4.78 is 0. The molecule has 17 heavy (non-hydrogen) atoms. The van der Waals surface area contributed by atoms with Crippen LogP contribution >= 0.6 is 0 Å². The normalized spacial score (nSPS) is 21.6. The van der Waals surface area contributed by atoms with E-state index in [4.69, 9.17) is 0 Å². The van der Waals surface area contributed by atoms with Gasteiger partial charge in [-0.15, -0.1) is 0 Å². The maximum atomic E-state index is 10.1. The Hall–Kier alpha value is -0.860. The van der Waals surface area contributed by atoms with E-state index in [1.807, 2.05) is 30.3 Å². The standard InChI is InChI=1S/C15H23NO/c1-15(2)9-11-16(12-15)10-8-14(17)13-6-4-3-5-7-13/h3-7,14,17H,8-12H2,1-2H3. The van der Waals surface area contributed by atoms with Crippen LogP contribution < -0.4 is 0 Å². The molecule has 1 atom stereocenters. The highest BCUT2D eigenvalue weighted by atomic mass is 16.3. The fraction of sp³-hybridized carbons (Fsp3) is 0.600. The van der Waals surface area contributed by atoms with E-state index in [0.29, 0.717) is 5.41 Å². The Morgan fingerprint density at radius 2 is 2.00 bits per heavy atom. The lowest BCUT2D eigenvalue weighted by Crippen LogP contribution is -2.25. The van der Waals surface area contributed by atoms with Gasteiger partial charge in [-0.05, 0) is 30.4 Å². The number of benzene rings is 1. The van der Waals surface area contributed by atoms with Crippen molar-refractivity contribution >= 4 is 0 Å². The highest BCUT2D eigenvalue weighted by molar-refractivity contribution is 5.17. The van der Waals surface area contributed by atoms with Gasteiger partial charge in [0.25, 0.3) is 0 Å². The summed E-state index contributed by atoms with van der Waals surface area (Å²) in [6, 6.07) is 9.95. The zero-order chi connectivity index (χ0) is 12.3. The summed E-state index contributed by atoms with van der Waals surface area (Å²) in [7, 11) is 0. The molecule has 0 saturated carbocycles. The minimum absolute atomic E-state index is 0.320. The molecule has 1 heterocycles. The van der Waals surface area contributed by atoms with Gasteiger partial charge >= 0.3 is 0 Å². The smallest absolute Gasteiger partial charge is 0.0802 e. The van der Waals surface area contributed by atoms with Gasteiger partial charge < -0.3 is 10.0 Å². The lowest BCUT2D eigenvalue weighted by molar-refractivity contribution is 0.146. The maximum Gasteiger partial charge on any atom is 0.0802 e. The Labute approximate surface area is 104 Å². The predicted octanol–water partition coefficient (Wildman–Crippen LogP) is 2.84. The monoisotopic (exact) mass is 233 g/mol. The number of hydrogen-bond donors (Lipinski definition) is 1. The van der Waals surface area contributed by atoms with Gasteiger partial charge in [-0.1, -0.05) is 44.2 Å². The van der Waals surface area contributed by atoms with Gasteiger partial charge in [-0.2, -0.15) is 0 Å². The third-order valence-electron chi connectivity index (χ3n) is 3.66. The summed E-state index contributed by atoms with van der Waals surface area (Å²) in [5.74, 6) is 0. The van der Waals surface area contributed by atoms with Crippen LogP contribution in [0.2, 0.25) is 0 Å². The van der Waals surface area contributed by atoms with Crippen molar-refractivity contribution in [3.05, 3.63) is 35.9 Å². The highest BCUT2D eigenvalue weighted by Gasteiger charge is 2.28. The number of aliphatic hydroxyl groups excluding tert-OH is 1. The van der Waals surface area contributed by atoms with Crippen molar-refractivity contribution in [1.29, 1.82) is 0 Å². The van der Waals surface area contributed by atoms with Crippen LogP contribution in [-0.2, 0) is 0 Å². The number of rotatable bonds is 4. The zero-order valence-electron chi connectivity index (χ0n) is 10.9. The molecular weight excluding hydrogens is 210 g/mol. The van der Waals surface area contributed by atoms with Crippen LogP contribution in [0.4, 0.5) is 0 Å². The van der Waals surface area contributed by atoms with E-state index >= 15 is 0 Å². The topological polar surface area (TPSA) is 23.5 Å². The van der Waals surface area contributed by atoms with Crippen molar-refractivity contribution in [2.45, 2.75) is 32.8 Å². The van der Waals surface area contributed by atoms with E-state index in [9.17, 15) is 5.11 Å². The first-order valence-corrected chi connectivity index (χ1v) is 6.52. The number of nitrogens with zero attached hydrogens (tertiary/aromatic N) is 1. The first kappa shape index (κ1) is 12.6. The molecule has 2 nitrogen and oxygen atoms in total. The molecule has 94 valence electrons. The van der Waals surface area contributed by atoms with Crippen molar-refractivity contribution in [3.8, 4) is 0 Å². The van der Waals surface area contributed by atoms with Gasteiger partial charge in [0, 0.05) is 13.1 Å². The molecule has 1 aromatic rings. The first-order chi connectivity index (χ1) is 8.07. The Morgan fingerprint density at radius 3 is 2.59 bits per heavy atom. The molecule has 1 aromatic carbocycles. The van der Waals surface area contributed by atoms with Crippen LogP contribution in [0.5, 0.6) is 0 Å². The van der Waals surface area contributed by atoms with E-state index < -0.39 is 0 Å². The van der Waals surface area contributed by atoms with Crippen molar-refractivity contribution < 1.29 is 5.11 Å². The molecule has 1 N–H and O–H groups in total. The van der Waals surface area contributed by atoms with Crippen molar-refractivity contribution in [3.63, 3.8) is 0 Å². The van der Waals surface area contributed by atoms with Gasteiger partial charge in [-0.3, -0.25) is 0 Å². The van der Waals surface area contributed by atoms with E-state index in [-0.39, 0.29) is 6.10 Å². The molecule has 0 amide bonds. The van der Waals surface area contributed by atoms with Gasteiger partial charge in [0.05, 0.1) is 6.10 Å². The molecule has 1 unspecified atom stereocenters. The summed E-state index contributed by atoms with van der Waals surface area (Å²) in [5.41, 5.74) is 1.49. The minimum Gasteiger partial charge on any atom is -0.388 e. The second kappa shape index (κ2) is 5.19. The molecular formula is C15H23NO. The third kappa shape index (κ3) is 3.55. The SMILES string of the molecule is CC1(C)CCN(CCC(O)c2ccccc2)C1. The molecule has 2 rings (SSSR count). The number of likely N-dealkylation sites (tertiary alicyclic amines) is 1. The summed E-state index contributed by atoms with van der Waals surface area (Å²) >= 11 is 0. The third-order valence-corrected chi connectivity index (χ3v) is 3.66. The molecule has 1 saturated heterocycles. The van der Waals surface area contributed by atoms with Crippen LogP contribution in [0, 0.1) is 5.41 Å². The highest BCUT2D eigenvalue weighted by Crippen LogP contribution is 2.29. The Bertz CT molecular complexity index is 347. The van der Waals surface area contributed by atoms with Crippen LogP contribution in [-0.4, -0.2) is 29.6 Å². The molecule has 0 bridgehead atoms. The minimum atomic E-state index is -0.320. The van der Waals surface area contributed by atoms with E-state index in [1.54, 1.807) is 0 Å². The lowest BCUT2D eigenvalue weighted by Gasteiger charge is -2.21. The molecule has 1 fully saturated rings. The Balaban J connectivity index is 1.79. The summed E-state index contributed by atoms with van der Waals surface area (Å²) in [5, 5.41) is 10.1. The van der Waals surface area contributed by atoms with Gasteiger partial charge in [0.2, 0.25) is 0 Å². The second-order valence-corrected chi connectivity index (χ2v) is 5.91. The fourth-order valence-electron chi connectivity index (χ4n) is 2.56. The summed E-state index contributed by atoms with van der Waals surface area (Å²) in [6.07, 6.45) is 1.79. The fourth-order valence-corrected chi connectivity index (χ4v) is 2.56. The van der Waals surface area contributed by atoms with Crippen LogP contribution in [0.25, 0.3) is 0 Å². The van der Waals surface area contributed by atoms with Crippen LogP contribution in [0.3, 0.4) is 0 Å². The number of aliphatic hydroxyl groups is 1. The van der Waals surface area contributed by atoms with Gasteiger partial charge in [0.1, 0.15) is 0 Å². The van der Waals surface area contributed by atoms with E-state index in [1.165, 1.54) is 13.0 Å². The molecule has 1 aliphatic rings. The van der Waals surface area contributed by atoms with Crippen molar-refractivity contribution in [2.24, 2.45) is 5.41 Å². The summed E-state index contributed by atoms with van der Waals surface area (Å²) in [4.78, 5) is 2.46. The lowest BCUT2D eigenvalue weighted by atomic mass is 9.93. The number of hydrogen-bond acceptors (Lipinski definition) is 2. The first-order valence-electron chi connectivity index (χ1n) is 6.52. The second-order valence-electron chi connectivity index (χ2n) is 5.91. The van der Waals surface area contributed by atoms with Gasteiger partial charge in [-0.25, -0.2) is 0 Å². The Kier molecular flexibility index (Phi) is 3.85. The van der Waals surface area contributed by atoms with Crippen LogP contribution in [0.15, 0.2) is 30.3 Å². The predicted molar refractivity (Wildman–Crippen MR) is 70.9 cm³/mol. The quantitative estimate of drug-likeness (QED) is 0.864. The van der Waals surface area contributed by atoms with E-state index in [0.717, 1.165) is 25.1 Å². The van der Waals surface area contributed by atoms with Crippen LogP contribution in [0.1, 0.15) is 38.4 Å². The molecule has 0 radical (unpaired) electrons. The molecule has 0 aromatic heterocycles. The maximum absolute atomic E-state index is 10.1. The zero-order valence-corrected chi connectivity index (χ0v) is 10.9. The average molecular weight is 233 g/mol.